The Labute approximate surface area is 116 Å². The van der Waals surface area contributed by atoms with E-state index in [4.69, 9.17) is 0 Å². The second-order valence-electron chi connectivity index (χ2n) is 5.43. The molecule has 0 bridgehead atoms. The molecule has 0 spiro atoms. The van der Waals surface area contributed by atoms with E-state index in [0.717, 1.165) is 41.8 Å². The van der Waals surface area contributed by atoms with Gasteiger partial charge in [0.1, 0.15) is 0 Å². The van der Waals surface area contributed by atoms with Crippen LogP contribution >= 0.6 is 0 Å². The number of aryl methyl sites for hydroxylation is 2. The van der Waals surface area contributed by atoms with E-state index in [1.54, 1.807) is 4.52 Å². The third-order valence-electron chi connectivity index (χ3n) is 4.00. The zero-order valence-electron chi connectivity index (χ0n) is 11.3. The largest absolute Gasteiger partial charge is 0.289 e. The average Bonchev–Trinajstić information content (AvgIpc) is 3.06. The number of aromatic amines is 1. The zero-order chi connectivity index (χ0) is 13.7. The SMILES string of the molecule is Cc1ccc(-c2cc3nc4c(c(=O)n3[nH]2)CCC4)cc1. The molecule has 1 N–H and O–H groups in total. The minimum absolute atomic E-state index is 0.0564. The average molecular weight is 265 g/mol. The fourth-order valence-corrected chi connectivity index (χ4v) is 2.88. The fourth-order valence-electron chi connectivity index (χ4n) is 2.88. The van der Waals surface area contributed by atoms with Crippen LogP contribution in [0.3, 0.4) is 0 Å². The Kier molecular flexibility index (Phi) is 2.33. The van der Waals surface area contributed by atoms with Crippen LogP contribution in [0, 0.1) is 6.92 Å². The van der Waals surface area contributed by atoms with Gasteiger partial charge in [0.15, 0.2) is 5.65 Å². The molecule has 3 aromatic rings. The molecule has 4 heteroatoms. The van der Waals surface area contributed by atoms with Gasteiger partial charge < -0.3 is 0 Å². The first-order valence-corrected chi connectivity index (χ1v) is 6.93. The molecule has 1 aliphatic carbocycles. The van der Waals surface area contributed by atoms with Gasteiger partial charge in [-0.05, 0) is 31.7 Å². The van der Waals surface area contributed by atoms with Gasteiger partial charge in [-0.15, -0.1) is 0 Å². The lowest BCUT2D eigenvalue weighted by Crippen LogP contribution is -2.19. The molecule has 100 valence electrons. The van der Waals surface area contributed by atoms with Crippen molar-refractivity contribution in [3.05, 3.63) is 57.5 Å². The van der Waals surface area contributed by atoms with Crippen LogP contribution < -0.4 is 5.56 Å². The second-order valence-corrected chi connectivity index (χ2v) is 5.43. The maximum Gasteiger partial charge on any atom is 0.276 e. The Morgan fingerprint density at radius 1 is 1.20 bits per heavy atom. The molecular weight excluding hydrogens is 250 g/mol. The normalized spacial score (nSPS) is 13.8. The summed E-state index contributed by atoms with van der Waals surface area (Å²) in [7, 11) is 0. The van der Waals surface area contributed by atoms with Gasteiger partial charge in [-0.1, -0.05) is 29.8 Å². The maximum atomic E-state index is 12.4. The first-order valence-electron chi connectivity index (χ1n) is 6.93. The molecule has 4 rings (SSSR count). The minimum Gasteiger partial charge on any atom is -0.289 e. The first kappa shape index (κ1) is 11.5. The van der Waals surface area contributed by atoms with E-state index in [-0.39, 0.29) is 5.56 Å². The van der Waals surface area contributed by atoms with Gasteiger partial charge in [0, 0.05) is 11.6 Å². The highest BCUT2D eigenvalue weighted by Gasteiger charge is 2.19. The van der Waals surface area contributed by atoms with Crippen LogP contribution in [-0.4, -0.2) is 14.6 Å². The Hall–Kier alpha value is -2.36. The van der Waals surface area contributed by atoms with E-state index in [9.17, 15) is 4.79 Å². The quantitative estimate of drug-likeness (QED) is 0.735. The summed E-state index contributed by atoms with van der Waals surface area (Å²) >= 11 is 0. The molecular formula is C16H15N3O. The highest BCUT2D eigenvalue weighted by Crippen LogP contribution is 2.21. The molecule has 1 aromatic carbocycles. The molecule has 0 saturated carbocycles. The summed E-state index contributed by atoms with van der Waals surface area (Å²) in [5, 5.41) is 3.17. The summed E-state index contributed by atoms with van der Waals surface area (Å²) in [6.45, 7) is 2.06. The van der Waals surface area contributed by atoms with Gasteiger partial charge in [0.05, 0.1) is 11.4 Å². The van der Waals surface area contributed by atoms with Crippen LogP contribution in [0.15, 0.2) is 35.1 Å². The Balaban J connectivity index is 1.94. The molecule has 2 aromatic heterocycles. The van der Waals surface area contributed by atoms with Crippen molar-refractivity contribution < 1.29 is 0 Å². The van der Waals surface area contributed by atoms with Gasteiger partial charge in [-0.3, -0.25) is 9.89 Å². The molecule has 1 aliphatic rings. The number of rotatable bonds is 1. The summed E-state index contributed by atoms with van der Waals surface area (Å²) < 4.78 is 1.57. The highest BCUT2D eigenvalue weighted by atomic mass is 16.1. The monoisotopic (exact) mass is 265 g/mol. The zero-order valence-corrected chi connectivity index (χ0v) is 11.3. The van der Waals surface area contributed by atoms with Gasteiger partial charge in [0.2, 0.25) is 0 Å². The van der Waals surface area contributed by atoms with Crippen LogP contribution in [0.2, 0.25) is 0 Å². The van der Waals surface area contributed by atoms with Crippen LogP contribution in [0.5, 0.6) is 0 Å². The highest BCUT2D eigenvalue weighted by molar-refractivity contribution is 5.64. The third kappa shape index (κ3) is 1.61. The van der Waals surface area contributed by atoms with E-state index in [1.807, 2.05) is 6.07 Å². The molecule has 0 saturated heterocycles. The van der Waals surface area contributed by atoms with Crippen molar-refractivity contribution in [3.8, 4) is 11.3 Å². The van der Waals surface area contributed by atoms with Crippen molar-refractivity contribution in [2.24, 2.45) is 0 Å². The summed E-state index contributed by atoms with van der Waals surface area (Å²) in [6, 6.07) is 10.2. The number of hydrogen-bond donors (Lipinski definition) is 1. The Morgan fingerprint density at radius 2 is 2.00 bits per heavy atom. The number of fused-ring (bicyclic) bond motifs is 2. The van der Waals surface area contributed by atoms with Crippen LogP contribution in [0.25, 0.3) is 16.9 Å². The van der Waals surface area contributed by atoms with Crippen LogP contribution in [0.1, 0.15) is 23.2 Å². The third-order valence-corrected chi connectivity index (χ3v) is 4.00. The molecule has 0 fully saturated rings. The van der Waals surface area contributed by atoms with Crippen molar-refractivity contribution in [1.29, 1.82) is 0 Å². The standard InChI is InChI=1S/C16H15N3O/c1-10-5-7-11(8-6-10)14-9-15-17-13-4-2-3-12(13)16(20)19(15)18-14/h5-9,18H,2-4H2,1H3. The predicted molar refractivity (Wildman–Crippen MR) is 78.0 cm³/mol. The fraction of sp³-hybridized carbons (Fsp3) is 0.250. The number of H-pyrrole nitrogens is 1. The van der Waals surface area contributed by atoms with E-state index in [2.05, 4.69) is 41.3 Å². The molecule has 0 unspecified atom stereocenters. The van der Waals surface area contributed by atoms with Gasteiger partial charge in [0.25, 0.3) is 5.56 Å². The van der Waals surface area contributed by atoms with Gasteiger partial charge in [-0.25, -0.2) is 9.50 Å². The number of nitrogens with zero attached hydrogens (tertiary/aromatic N) is 2. The topological polar surface area (TPSA) is 50.2 Å². The number of nitrogens with one attached hydrogen (secondary N) is 1. The maximum absolute atomic E-state index is 12.4. The lowest BCUT2D eigenvalue weighted by Gasteiger charge is -1.99. The Bertz CT molecular complexity index is 856. The smallest absolute Gasteiger partial charge is 0.276 e. The molecule has 0 radical (unpaired) electrons. The number of benzene rings is 1. The summed E-state index contributed by atoms with van der Waals surface area (Å²) in [6.07, 6.45) is 2.81. The van der Waals surface area contributed by atoms with E-state index in [0.29, 0.717) is 5.65 Å². The lowest BCUT2D eigenvalue weighted by molar-refractivity contribution is 0.873. The predicted octanol–water partition coefficient (Wildman–Crippen LogP) is 2.49. The molecule has 0 aliphatic heterocycles. The molecule has 20 heavy (non-hydrogen) atoms. The van der Waals surface area contributed by atoms with Crippen molar-refractivity contribution in [3.63, 3.8) is 0 Å². The second kappa shape index (κ2) is 4.07. The molecule has 0 atom stereocenters. The van der Waals surface area contributed by atoms with Crippen LogP contribution in [0.4, 0.5) is 0 Å². The van der Waals surface area contributed by atoms with E-state index < -0.39 is 0 Å². The summed E-state index contributed by atoms with van der Waals surface area (Å²) in [5.41, 5.74) is 5.84. The van der Waals surface area contributed by atoms with E-state index in [1.165, 1.54) is 5.56 Å². The first-order chi connectivity index (χ1) is 9.72. The number of aromatic nitrogens is 3. The van der Waals surface area contributed by atoms with E-state index >= 15 is 0 Å². The lowest BCUT2D eigenvalue weighted by atomic mass is 10.1. The summed E-state index contributed by atoms with van der Waals surface area (Å²) in [5.74, 6) is 0. The van der Waals surface area contributed by atoms with Crippen molar-refractivity contribution >= 4 is 5.65 Å². The minimum atomic E-state index is 0.0564. The molecule has 0 amide bonds. The van der Waals surface area contributed by atoms with Gasteiger partial charge in [-0.2, -0.15) is 0 Å². The van der Waals surface area contributed by atoms with Gasteiger partial charge >= 0.3 is 0 Å². The van der Waals surface area contributed by atoms with Crippen LogP contribution in [-0.2, 0) is 12.8 Å². The van der Waals surface area contributed by atoms with Crippen molar-refractivity contribution in [2.45, 2.75) is 26.2 Å². The van der Waals surface area contributed by atoms with Crippen molar-refractivity contribution in [1.82, 2.24) is 14.6 Å². The summed E-state index contributed by atoms with van der Waals surface area (Å²) in [4.78, 5) is 17.0. The van der Waals surface area contributed by atoms with Crippen molar-refractivity contribution in [2.75, 3.05) is 0 Å². The molecule has 2 heterocycles. The number of hydrogen-bond acceptors (Lipinski definition) is 2. The Morgan fingerprint density at radius 3 is 2.80 bits per heavy atom. The molecule has 4 nitrogen and oxygen atoms in total.